The first-order valence-corrected chi connectivity index (χ1v) is 6.87. The number of anilines is 1. The molecule has 1 rings (SSSR count). The second-order valence-corrected chi connectivity index (χ2v) is 6.16. The predicted molar refractivity (Wildman–Crippen MR) is 66.2 cm³/mol. The SMILES string of the molecule is NC(=O)NS(=O)(=O)c1c(N)cc(Br)cc1Br. The molecule has 2 amide bonds. The van der Waals surface area contributed by atoms with Crippen LogP contribution < -0.4 is 16.2 Å². The molecule has 0 spiro atoms. The zero-order valence-corrected chi connectivity index (χ0v) is 11.7. The Labute approximate surface area is 109 Å². The third-order valence-electron chi connectivity index (χ3n) is 1.54. The zero-order valence-electron chi connectivity index (χ0n) is 7.70. The lowest BCUT2D eigenvalue weighted by atomic mass is 10.3. The predicted octanol–water partition coefficient (Wildman–Crippen LogP) is 1.15. The summed E-state index contributed by atoms with van der Waals surface area (Å²) in [6.07, 6.45) is 0. The van der Waals surface area contributed by atoms with Gasteiger partial charge in [-0.25, -0.2) is 17.9 Å². The first-order valence-electron chi connectivity index (χ1n) is 3.81. The molecule has 0 aliphatic heterocycles. The standard InChI is InChI=1S/C7H7Br2N3O3S/c8-3-1-4(9)6(5(10)2-3)16(14,15)12-7(11)13/h1-2H,10H2,(H3,11,12,13). The van der Waals surface area contributed by atoms with Crippen LogP contribution in [0.15, 0.2) is 26.0 Å². The summed E-state index contributed by atoms with van der Waals surface area (Å²) in [6.45, 7) is 0. The van der Waals surface area contributed by atoms with Crippen LogP contribution in [0, 0.1) is 0 Å². The van der Waals surface area contributed by atoms with Gasteiger partial charge in [0.1, 0.15) is 4.90 Å². The monoisotopic (exact) mass is 371 g/mol. The number of carbonyl (C=O) groups is 1. The molecule has 0 aliphatic carbocycles. The number of carbonyl (C=O) groups excluding carboxylic acids is 1. The molecule has 0 radical (unpaired) electrons. The number of halogens is 2. The Morgan fingerprint density at radius 1 is 1.31 bits per heavy atom. The van der Waals surface area contributed by atoms with Crippen molar-refractivity contribution in [3.8, 4) is 0 Å². The number of sulfonamides is 1. The van der Waals surface area contributed by atoms with Crippen LogP contribution in [-0.2, 0) is 10.0 Å². The second kappa shape index (κ2) is 4.60. The topological polar surface area (TPSA) is 115 Å². The van der Waals surface area contributed by atoms with Crippen LogP contribution >= 0.6 is 31.9 Å². The van der Waals surface area contributed by atoms with E-state index in [1.807, 2.05) is 0 Å². The number of hydrogen-bond donors (Lipinski definition) is 3. The van der Waals surface area contributed by atoms with E-state index in [9.17, 15) is 13.2 Å². The normalized spacial score (nSPS) is 11.1. The molecule has 0 fully saturated rings. The number of amides is 2. The molecular weight excluding hydrogens is 366 g/mol. The summed E-state index contributed by atoms with van der Waals surface area (Å²) in [5, 5.41) is 0. The minimum absolute atomic E-state index is 0.00463. The van der Waals surface area contributed by atoms with Gasteiger partial charge in [0.15, 0.2) is 0 Å². The fourth-order valence-corrected chi connectivity index (χ4v) is 4.00. The van der Waals surface area contributed by atoms with Gasteiger partial charge >= 0.3 is 6.03 Å². The van der Waals surface area contributed by atoms with Crippen LogP contribution in [0.25, 0.3) is 0 Å². The summed E-state index contributed by atoms with van der Waals surface area (Å²) in [5.41, 5.74) is 10.3. The van der Waals surface area contributed by atoms with Crippen molar-refractivity contribution >= 4 is 53.6 Å². The Morgan fingerprint density at radius 3 is 2.31 bits per heavy atom. The summed E-state index contributed by atoms with van der Waals surface area (Å²) >= 11 is 6.19. The Morgan fingerprint density at radius 2 is 1.88 bits per heavy atom. The lowest BCUT2D eigenvalue weighted by molar-refractivity contribution is 0.253. The van der Waals surface area contributed by atoms with Crippen molar-refractivity contribution in [2.24, 2.45) is 5.73 Å². The number of nitrogen functional groups attached to an aromatic ring is 1. The molecule has 88 valence electrons. The van der Waals surface area contributed by atoms with Crippen molar-refractivity contribution in [3.63, 3.8) is 0 Å². The molecular formula is C7H7Br2N3O3S. The fourth-order valence-electron chi connectivity index (χ4n) is 1.05. The Hall–Kier alpha value is -0.800. The maximum atomic E-state index is 11.7. The van der Waals surface area contributed by atoms with Gasteiger partial charge in [0, 0.05) is 8.95 Å². The van der Waals surface area contributed by atoms with Crippen LogP contribution in [0.4, 0.5) is 10.5 Å². The minimum atomic E-state index is -4.05. The van der Waals surface area contributed by atoms with E-state index in [0.29, 0.717) is 4.47 Å². The van der Waals surface area contributed by atoms with E-state index in [1.165, 1.54) is 12.1 Å². The van der Waals surface area contributed by atoms with Crippen molar-refractivity contribution in [1.82, 2.24) is 4.72 Å². The summed E-state index contributed by atoms with van der Waals surface area (Å²) in [6, 6.07) is 1.72. The van der Waals surface area contributed by atoms with Gasteiger partial charge in [-0.05, 0) is 28.1 Å². The van der Waals surface area contributed by atoms with Crippen LogP contribution in [0.1, 0.15) is 0 Å². The number of primary amides is 1. The molecule has 0 bridgehead atoms. The van der Waals surface area contributed by atoms with E-state index in [4.69, 9.17) is 11.5 Å². The molecule has 0 aliphatic rings. The largest absolute Gasteiger partial charge is 0.398 e. The maximum Gasteiger partial charge on any atom is 0.326 e. The molecule has 0 atom stereocenters. The van der Waals surface area contributed by atoms with E-state index in [-0.39, 0.29) is 15.1 Å². The van der Waals surface area contributed by atoms with Crippen molar-refractivity contribution in [1.29, 1.82) is 0 Å². The van der Waals surface area contributed by atoms with Crippen molar-refractivity contribution in [3.05, 3.63) is 21.1 Å². The van der Waals surface area contributed by atoms with Gasteiger partial charge in [-0.3, -0.25) is 0 Å². The summed E-state index contributed by atoms with van der Waals surface area (Å²) in [7, 11) is -4.05. The second-order valence-electron chi connectivity index (χ2n) is 2.78. The van der Waals surface area contributed by atoms with Crippen molar-refractivity contribution in [2.45, 2.75) is 4.90 Å². The Bertz CT molecular complexity index is 521. The van der Waals surface area contributed by atoms with E-state index in [2.05, 4.69) is 31.9 Å². The number of nitrogens with one attached hydrogen (secondary N) is 1. The number of urea groups is 1. The van der Waals surface area contributed by atoms with Crippen LogP contribution in [0.5, 0.6) is 0 Å². The molecule has 0 saturated carbocycles. The first-order chi connectivity index (χ1) is 7.24. The Balaban J connectivity index is 3.39. The highest BCUT2D eigenvalue weighted by Crippen LogP contribution is 2.31. The number of nitrogens with two attached hydrogens (primary N) is 2. The van der Waals surface area contributed by atoms with Crippen molar-refractivity contribution < 1.29 is 13.2 Å². The lowest BCUT2D eigenvalue weighted by Gasteiger charge is -2.09. The van der Waals surface area contributed by atoms with Gasteiger partial charge in [0.2, 0.25) is 0 Å². The van der Waals surface area contributed by atoms with Gasteiger partial charge in [0.25, 0.3) is 10.0 Å². The van der Waals surface area contributed by atoms with Gasteiger partial charge in [-0.1, -0.05) is 15.9 Å². The van der Waals surface area contributed by atoms with E-state index < -0.39 is 16.1 Å². The summed E-state index contributed by atoms with van der Waals surface area (Å²) in [5.74, 6) is 0. The lowest BCUT2D eigenvalue weighted by Crippen LogP contribution is -2.35. The smallest absolute Gasteiger partial charge is 0.326 e. The average Bonchev–Trinajstić information content (AvgIpc) is 1.96. The molecule has 0 saturated heterocycles. The summed E-state index contributed by atoms with van der Waals surface area (Å²) in [4.78, 5) is 10.3. The van der Waals surface area contributed by atoms with Crippen LogP contribution in [0.3, 0.4) is 0 Å². The quantitative estimate of drug-likeness (QED) is 0.675. The molecule has 16 heavy (non-hydrogen) atoms. The van der Waals surface area contributed by atoms with E-state index in [1.54, 1.807) is 4.72 Å². The van der Waals surface area contributed by atoms with Gasteiger partial charge in [-0.2, -0.15) is 0 Å². The minimum Gasteiger partial charge on any atom is -0.398 e. The van der Waals surface area contributed by atoms with E-state index >= 15 is 0 Å². The van der Waals surface area contributed by atoms with Gasteiger partial charge < -0.3 is 11.5 Å². The molecule has 9 heteroatoms. The number of benzene rings is 1. The van der Waals surface area contributed by atoms with Gasteiger partial charge in [0.05, 0.1) is 5.69 Å². The van der Waals surface area contributed by atoms with E-state index in [0.717, 1.165) is 0 Å². The summed E-state index contributed by atoms with van der Waals surface area (Å²) < 4.78 is 25.8. The highest BCUT2D eigenvalue weighted by atomic mass is 79.9. The molecule has 0 heterocycles. The third-order valence-corrected chi connectivity index (χ3v) is 4.35. The van der Waals surface area contributed by atoms with Gasteiger partial charge in [-0.15, -0.1) is 0 Å². The maximum absolute atomic E-state index is 11.7. The molecule has 0 aromatic heterocycles. The number of rotatable bonds is 2. The average molecular weight is 373 g/mol. The molecule has 1 aromatic carbocycles. The fraction of sp³-hybridized carbons (Fsp3) is 0. The molecule has 5 N–H and O–H groups in total. The van der Waals surface area contributed by atoms with Crippen LogP contribution in [-0.4, -0.2) is 14.4 Å². The molecule has 6 nitrogen and oxygen atoms in total. The number of hydrogen-bond acceptors (Lipinski definition) is 4. The highest BCUT2D eigenvalue weighted by molar-refractivity contribution is 9.11. The first kappa shape index (κ1) is 13.3. The highest BCUT2D eigenvalue weighted by Gasteiger charge is 2.22. The van der Waals surface area contributed by atoms with Crippen molar-refractivity contribution in [2.75, 3.05) is 5.73 Å². The molecule has 0 unspecified atom stereocenters. The Kier molecular flexibility index (Phi) is 3.81. The zero-order chi connectivity index (χ0) is 12.5. The molecule has 1 aromatic rings. The third kappa shape index (κ3) is 2.86. The van der Waals surface area contributed by atoms with Crippen LogP contribution in [0.2, 0.25) is 0 Å².